The highest BCUT2D eigenvalue weighted by Gasteiger charge is 2.00. The van der Waals surface area contributed by atoms with Gasteiger partial charge in [-0.1, -0.05) is 17.7 Å². The lowest BCUT2D eigenvalue weighted by Gasteiger charge is -2.12. The van der Waals surface area contributed by atoms with E-state index in [1.807, 2.05) is 38.1 Å². The van der Waals surface area contributed by atoms with Crippen LogP contribution in [0.2, 0.25) is 0 Å². The molecule has 0 bridgehead atoms. The number of aryl methyl sites for hydroxylation is 1. The molecule has 0 saturated heterocycles. The van der Waals surface area contributed by atoms with Crippen LogP contribution >= 0.6 is 24.0 Å². The van der Waals surface area contributed by atoms with Gasteiger partial charge in [-0.05, 0) is 32.4 Å². The molecule has 0 spiro atoms. The van der Waals surface area contributed by atoms with Crippen LogP contribution in [-0.2, 0) is 10.0 Å². The van der Waals surface area contributed by atoms with E-state index in [4.69, 9.17) is 4.74 Å². The minimum Gasteiger partial charge on any atom is -0.492 e. The van der Waals surface area contributed by atoms with Crippen LogP contribution in [0.5, 0.6) is 5.75 Å². The van der Waals surface area contributed by atoms with E-state index < -0.39 is 10.0 Å². The number of hydrogen-bond donors (Lipinski definition) is 3. The molecule has 0 fully saturated rings. The van der Waals surface area contributed by atoms with Crippen LogP contribution in [0.3, 0.4) is 0 Å². The number of nitrogens with zero attached hydrogens (tertiary/aromatic N) is 1. The van der Waals surface area contributed by atoms with Gasteiger partial charge in [-0.3, -0.25) is 4.99 Å². The standard InChI is InChI=1S/C16H28N4O3S.HI/c1-4-17-16(18-10-5-11-20-24(3,21)22)19-12-13-23-15-8-6-14(2)7-9-15;/h6-9,20H,4-5,10-13H2,1-3H3,(H2,17,18,19);1H. The molecule has 1 aromatic carbocycles. The van der Waals surface area contributed by atoms with E-state index >= 15 is 0 Å². The summed E-state index contributed by atoms with van der Waals surface area (Å²) in [6.45, 7) is 6.87. The maximum Gasteiger partial charge on any atom is 0.208 e. The fourth-order valence-electron chi connectivity index (χ4n) is 1.84. The second-order valence-electron chi connectivity index (χ2n) is 5.37. The van der Waals surface area contributed by atoms with Gasteiger partial charge in [0.2, 0.25) is 10.0 Å². The molecule has 0 saturated carbocycles. The predicted octanol–water partition coefficient (Wildman–Crippen LogP) is 1.49. The molecular weight excluding hydrogens is 455 g/mol. The number of sulfonamides is 1. The van der Waals surface area contributed by atoms with Crippen LogP contribution in [0.1, 0.15) is 18.9 Å². The summed E-state index contributed by atoms with van der Waals surface area (Å²) < 4.78 is 30.0. The molecule has 0 heterocycles. The summed E-state index contributed by atoms with van der Waals surface area (Å²) in [6.07, 6.45) is 1.79. The molecule has 9 heteroatoms. The second-order valence-corrected chi connectivity index (χ2v) is 7.20. The van der Waals surface area contributed by atoms with Gasteiger partial charge in [0.1, 0.15) is 12.4 Å². The number of aliphatic imine (C=N–C) groups is 1. The van der Waals surface area contributed by atoms with E-state index in [1.54, 1.807) is 0 Å². The van der Waals surface area contributed by atoms with Gasteiger partial charge in [0.15, 0.2) is 5.96 Å². The highest BCUT2D eigenvalue weighted by atomic mass is 127. The lowest BCUT2D eigenvalue weighted by molar-refractivity contribution is 0.322. The van der Waals surface area contributed by atoms with Crippen LogP contribution in [0.4, 0.5) is 0 Å². The zero-order valence-corrected chi connectivity index (χ0v) is 18.2. The van der Waals surface area contributed by atoms with E-state index in [9.17, 15) is 8.42 Å². The Labute approximate surface area is 168 Å². The lowest BCUT2D eigenvalue weighted by Crippen LogP contribution is -2.39. The Morgan fingerprint density at radius 1 is 1.16 bits per heavy atom. The van der Waals surface area contributed by atoms with Crippen LogP contribution < -0.4 is 20.1 Å². The molecular formula is C16H29IN4O3S. The fraction of sp³-hybridized carbons (Fsp3) is 0.562. The first-order valence-corrected chi connectivity index (χ1v) is 9.96. The first-order valence-electron chi connectivity index (χ1n) is 8.07. The quantitative estimate of drug-likeness (QED) is 0.203. The Morgan fingerprint density at radius 2 is 1.84 bits per heavy atom. The molecule has 0 aliphatic carbocycles. The van der Waals surface area contributed by atoms with Crippen LogP contribution in [0, 0.1) is 6.92 Å². The van der Waals surface area contributed by atoms with Crippen LogP contribution in [0.25, 0.3) is 0 Å². The molecule has 0 amide bonds. The summed E-state index contributed by atoms with van der Waals surface area (Å²) in [4.78, 5) is 4.39. The van der Waals surface area contributed by atoms with E-state index in [0.29, 0.717) is 38.6 Å². The van der Waals surface area contributed by atoms with Crippen molar-refractivity contribution in [3.8, 4) is 5.75 Å². The zero-order valence-electron chi connectivity index (χ0n) is 15.0. The number of guanidine groups is 1. The molecule has 7 nitrogen and oxygen atoms in total. The highest BCUT2D eigenvalue weighted by Crippen LogP contribution is 2.10. The molecule has 1 rings (SSSR count). The Kier molecular flexibility index (Phi) is 12.6. The minimum atomic E-state index is -3.13. The van der Waals surface area contributed by atoms with Crippen molar-refractivity contribution < 1.29 is 13.2 Å². The summed E-state index contributed by atoms with van der Waals surface area (Å²) in [5.74, 6) is 1.54. The largest absolute Gasteiger partial charge is 0.492 e. The lowest BCUT2D eigenvalue weighted by atomic mass is 10.2. The van der Waals surface area contributed by atoms with Crippen molar-refractivity contribution in [1.82, 2.24) is 15.4 Å². The zero-order chi connectivity index (χ0) is 17.8. The number of halogens is 1. The molecule has 0 aromatic heterocycles. The molecule has 25 heavy (non-hydrogen) atoms. The third kappa shape index (κ3) is 12.9. The van der Waals surface area contributed by atoms with Crippen molar-refractivity contribution >= 4 is 40.0 Å². The van der Waals surface area contributed by atoms with Crippen LogP contribution in [0.15, 0.2) is 29.3 Å². The summed E-state index contributed by atoms with van der Waals surface area (Å²) in [5, 5.41) is 6.33. The van der Waals surface area contributed by atoms with E-state index in [0.717, 1.165) is 18.6 Å². The third-order valence-corrected chi connectivity index (χ3v) is 3.73. The molecule has 0 radical (unpaired) electrons. The van der Waals surface area contributed by atoms with Crippen molar-refractivity contribution in [1.29, 1.82) is 0 Å². The van der Waals surface area contributed by atoms with Crippen molar-refractivity contribution in [2.45, 2.75) is 20.3 Å². The number of rotatable bonds is 10. The summed E-state index contributed by atoms with van der Waals surface area (Å²) >= 11 is 0. The Morgan fingerprint density at radius 3 is 2.44 bits per heavy atom. The van der Waals surface area contributed by atoms with Gasteiger partial charge in [-0.15, -0.1) is 24.0 Å². The van der Waals surface area contributed by atoms with Gasteiger partial charge in [0.25, 0.3) is 0 Å². The Bertz CT molecular complexity index is 606. The molecule has 144 valence electrons. The first-order chi connectivity index (χ1) is 11.4. The van der Waals surface area contributed by atoms with Crippen molar-refractivity contribution in [2.24, 2.45) is 4.99 Å². The first kappa shape index (κ1) is 23.9. The van der Waals surface area contributed by atoms with Gasteiger partial charge in [0.05, 0.1) is 12.8 Å². The molecule has 0 unspecified atom stereocenters. The fourth-order valence-corrected chi connectivity index (χ4v) is 2.36. The Balaban J connectivity index is 0.00000576. The number of ether oxygens (including phenoxy) is 1. The van der Waals surface area contributed by atoms with E-state index in [1.165, 1.54) is 5.56 Å². The smallest absolute Gasteiger partial charge is 0.208 e. The summed E-state index contributed by atoms with van der Waals surface area (Å²) in [5.41, 5.74) is 1.20. The molecule has 1 aromatic rings. The van der Waals surface area contributed by atoms with Crippen molar-refractivity contribution in [2.75, 3.05) is 39.0 Å². The van der Waals surface area contributed by atoms with E-state index in [2.05, 4.69) is 20.3 Å². The summed E-state index contributed by atoms with van der Waals surface area (Å²) in [6, 6.07) is 7.92. The molecule has 0 atom stereocenters. The Hall–Kier alpha value is -1.07. The summed E-state index contributed by atoms with van der Waals surface area (Å²) in [7, 11) is -3.13. The molecule has 0 aliphatic heterocycles. The minimum absolute atomic E-state index is 0. The molecule has 0 aliphatic rings. The predicted molar refractivity (Wildman–Crippen MR) is 114 cm³/mol. The maximum absolute atomic E-state index is 11.0. The van der Waals surface area contributed by atoms with Crippen LogP contribution in [-0.4, -0.2) is 53.4 Å². The van der Waals surface area contributed by atoms with Gasteiger partial charge >= 0.3 is 0 Å². The van der Waals surface area contributed by atoms with E-state index in [-0.39, 0.29) is 24.0 Å². The van der Waals surface area contributed by atoms with Gasteiger partial charge in [-0.2, -0.15) is 0 Å². The average Bonchev–Trinajstić information content (AvgIpc) is 2.51. The van der Waals surface area contributed by atoms with Crippen molar-refractivity contribution in [3.63, 3.8) is 0 Å². The van der Waals surface area contributed by atoms with Gasteiger partial charge < -0.3 is 15.4 Å². The maximum atomic E-state index is 11.0. The SMILES string of the molecule is CCNC(=NCCCNS(C)(=O)=O)NCCOc1ccc(C)cc1.I. The normalized spacial score (nSPS) is 11.6. The molecule has 3 N–H and O–H groups in total. The average molecular weight is 484 g/mol. The number of hydrogen-bond acceptors (Lipinski definition) is 4. The topological polar surface area (TPSA) is 91.8 Å². The number of benzene rings is 1. The number of nitrogens with one attached hydrogen (secondary N) is 3. The third-order valence-electron chi connectivity index (χ3n) is 3.00. The second kappa shape index (κ2) is 13.2. The van der Waals surface area contributed by atoms with Gasteiger partial charge in [0, 0.05) is 19.6 Å². The van der Waals surface area contributed by atoms with Crippen molar-refractivity contribution in [3.05, 3.63) is 29.8 Å². The van der Waals surface area contributed by atoms with Gasteiger partial charge in [-0.25, -0.2) is 13.1 Å². The monoisotopic (exact) mass is 484 g/mol. The highest BCUT2D eigenvalue weighted by molar-refractivity contribution is 14.0.